The second kappa shape index (κ2) is 13.9. The largest absolute Gasteiger partial charge is 0.381 e. The molecule has 0 saturated carbocycles. The first-order valence-corrected chi connectivity index (χ1v) is 9.14. The van der Waals surface area contributed by atoms with Crippen molar-refractivity contribution in [2.45, 2.75) is 26.3 Å². The first kappa shape index (κ1) is 23.6. The van der Waals surface area contributed by atoms with Crippen LogP contribution in [0.5, 0.6) is 0 Å². The van der Waals surface area contributed by atoms with Gasteiger partial charge in [0.25, 0.3) is 0 Å². The van der Waals surface area contributed by atoms with Crippen LogP contribution in [-0.2, 0) is 4.74 Å². The molecule has 1 heterocycles. The molecule has 7 heteroatoms. The standard InChI is InChI=1S/C17H32N4OS.HI/c1-14(2)13-22-10-7-9-19-17(18-3)20-12-15(21(4)5)16-8-6-11-23-16;/h6,8,11,14-15H,7,9-10,12-13H2,1-5H3,(H2,18,19,20);1H. The predicted octanol–water partition coefficient (Wildman–Crippen LogP) is 3.20. The molecule has 0 aromatic carbocycles. The lowest BCUT2D eigenvalue weighted by Gasteiger charge is -2.24. The number of thiophene rings is 1. The Hall–Kier alpha value is -0.380. The molecule has 0 radical (unpaired) electrons. The van der Waals surface area contributed by atoms with Gasteiger partial charge in [0.1, 0.15) is 0 Å². The summed E-state index contributed by atoms with van der Waals surface area (Å²) < 4.78 is 5.58. The number of hydrogen-bond donors (Lipinski definition) is 2. The molecule has 2 N–H and O–H groups in total. The summed E-state index contributed by atoms with van der Waals surface area (Å²) in [6, 6.07) is 4.63. The summed E-state index contributed by atoms with van der Waals surface area (Å²) in [5.41, 5.74) is 0. The fourth-order valence-electron chi connectivity index (χ4n) is 2.13. The summed E-state index contributed by atoms with van der Waals surface area (Å²) in [5, 5.41) is 8.87. The van der Waals surface area contributed by atoms with Crippen molar-refractivity contribution in [2.75, 3.05) is 47.4 Å². The molecular formula is C17H33IN4OS. The van der Waals surface area contributed by atoms with Crippen LogP contribution in [0.4, 0.5) is 0 Å². The molecule has 0 fully saturated rings. The minimum absolute atomic E-state index is 0. The molecule has 1 unspecified atom stereocenters. The summed E-state index contributed by atoms with van der Waals surface area (Å²) in [6.07, 6.45) is 0.982. The maximum Gasteiger partial charge on any atom is 0.191 e. The van der Waals surface area contributed by atoms with E-state index in [4.69, 9.17) is 4.74 Å². The number of rotatable bonds is 10. The van der Waals surface area contributed by atoms with Gasteiger partial charge in [0.2, 0.25) is 0 Å². The number of likely N-dealkylation sites (N-methyl/N-ethyl adjacent to an activating group) is 1. The van der Waals surface area contributed by atoms with Gasteiger partial charge in [-0.25, -0.2) is 0 Å². The van der Waals surface area contributed by atoms with Crippen LogP contribution in [0.1, 0.15) is 31.2 Å². The Morgan fingerprint density at radius 1 is 1.33 bits per heavy atom. The summed E-state index contributed by atoms with van der Waals surface area (Å²) in [6.45, 7) is 7.65. The fraction of sp³-hybridized carbons (Fsp3) is 0.706. The van der Waals surface area contributed by atoms with Crippen LogP contribution >= 0.6 is 35.3 Å². The second-order valence-electron chi connectivity index (χ2n) is 6.20. The summed E-state index contributed by atoms with van der Waals surface area (Å²) in [4.78, 5) is 7.87. The Bertz CT molecular complexity index is 438. The highest BCUT2D eigenvalue weighted by Gasteiger charge is 2.15. The molecule has 1 rings (SSSR count). The van der Waals surface area contributed by atoms with E-state index in [1.807, 2.05) is 0 Å². The molecule has 0 bridgehead atoms. The third kappa shape index (κ3) is 9.80. The summed E-state index contributed by atoms with van der Waals surface area (Å²) in [5.74, 6) is 1.44. The molecule has 0 saturated heterocycles. The number of nitrogens with one attached hydrogen (secondary N) is 2. The van der Waals surface area contributed by atoms with Crippen molar-refractivity contribution in [1.82, 2.24) is 15.5 Å². The van der Waals surface area contributed by atoms with Crippen LogP contribution in [0.15, 0.2) is 22.5 Å². The van der Waals surface area contributed by atoms with E-state index in [1.54, 1.807) is 18.4 Å². The molecular weight excluding hydrogens is 435 g/mol. The highest BCUT2D eigenvalue weighted by Crippen LogP contribution is 2.22. The predicted molar refractivity (Wildman–Crippen MR) is 116 cm³/mol. The van der Waals surface area contributed by atoms with Gasteiger partial charge in [-0.1, -0.05) is 19.9 Å². The Kier molecular flexibility index (Phi) is 13.6. The van der Waals surface area contributed by atoms with Gasteiger partial charge in [-0.15, -0.1) is 35.3 Å². The van der Waals surface area contributed by atoms with E-state index in [-0.39, 0.29) is 24.0 Å². The zero-order valence-corrected chi connectivity index (χ0v) is 18.7. The Labute approximate surface area is 168 Å². The molecule has 0 spiro atoms. The van der Waals surface area contributed by atoms with E-state index in [0.29, 0.717) is 12.0 Å². The molecule has 24 heavy (non-hydrogen) atoms. The van der Waals surface area contributed by atoms with E-state index in [1.165, 1.54) is 4.88 Å². The van der Waals surface area contributed by atoms with Crippen molar-refractivity contribution in [3.05, 3.63) is 22.4 Å². The van der Waals surface area contributed by atoms with Crippen LogP contribution < -0.4 is 10.6 Å². The monoisotopic (exact) mass is 468 g/mol. The van der Waals surface area contributed by atoms with Crippen molar-refractivity contribution >= 4 is 41.3 Å². The summed E-state index contributed by atoms with van der Waals surface area (Å²) in [7, 11) is 6.02. The highest BCUT2D eigenvalue weighted by molar-refractivity contribution is 14.0. The van der Waals surface area contributed by atoms with Gasteiger partial charge >= 0.3 is 0 Å². The maximum atomic E-state index is 5.58. The average Bonchev–Trinajstić information content (AvgIpc) is 3.02. The van der Waals surface area contributed by atoms with Crippen molar-refractivity contribution in [3.63, 3.8) is 0 Å². The molecule has 0 aliphatic carbocycles. The van der Waals surface area contributed by atoms with Crippen LogP contribution in [-0.4, -0.2) is 58.3 Å². The topological polar surface area (TPSA) is 48.9 Å². The molecule has 1 aromatic rings. The SMILES string of the molecule is CN=C(NCCCOCC(C)C)NCC(c1cccs1)N(C)C.I. The third-order valence-corrected chi connectivity index (χ3v) is 4.36. The maximum absolute atomic E-state index is 5.58. The lowest BCUT2D eigenvalue weighted by molar-refractivity contribution is 0.108. The van der Waals surface area contributed by atoms with Crippen molar-refractivity contribution < 1.29 is 4.74 Å². The van der Waals surface area contributed by atoms with Crippen LogP contribution in [0.25, 0.3) is 0 Å². The van der Waals surface area contributed by atoms with Gasteiger partial charge in [-0.05, 0) is 37.9 Å². The van der Waals surface area contributed by atoms with E-state index >= 15 is 0 Å². The molecule has 5 nitrogen and oxygen atoms in total. The fourth-order valence-corrected chi connectivity index (χ4v) is 3.06. The molecule has 0 amide bonds. The van der Waals surface area contributed by atoms with Gasteiger partial charge < -0.3 is 20.3 Å². The lowest BCUT2D eigenvalue weighted by Crippen LogP contribution is -2.42. The van der Waals surface area contributed by atoms with Gasteiger partial charge in [-0.3, -0.25) is 4.99 Å². The van der Waals surface area contributed by atoms with E-state index in [2.05, 4.69) is 66.0 Å². The van der Waals surface area contributed by atoms with Crippen molar-refractivity contribution in [2.24, 2.45) is 10.9 Å². The Balaban J connectivity index is 0.00000529. The quantitative estimate of drug-likeness (QED) is 0.240. The van der Waals surface area contributed by atoms with Crippen LogP contribution in [0, 0.1) is 5.92 Å². The Morgan fingerprint density at radius 3 is 2.62 bits per heavy atom. The smallest absolute Gasteiger partial charge is 0.191 e. The summed E-state index contributed by atoms with van der Waals surface area (Å²) >= 11 is 1.79. The van der Waals surface area contributed by atoms with Gasteiger partial charge in [0.15, 0.2) is 5.96 Å². The van der Waals surface area contributed by atoms with E-state index in [9.17, 15) is 0 Å². The third-order valence-electron chi connectivity index (χ3n) is 3.39. The molecule has 0 aliphatic rings. The Morgan fingerprint density at radius 2 is 2.08 bits per heavy atom. The molecule has 1 aromatic heterocycles. The van der Waals surface area contributed by atoms with Crippen molar-refractivity contribution in [1.29, 1.82) is 0 Å². The number of nitrogens with zero attached hydrogens (tertiary/aromatic N) is 2. The first-order chi connectivity index (χ1) is 11.0. The molecule has 0 aliphatic heterocycles. The van der Waals surface area contributed by atoms with Crippen LogP contribution in [0.2, 0.25) is 0 Å². The normalized spacial score (nSPS) is 13.0. The number of hydrogen-bond acceptors (Lipinski definition) is 4. The molecule has 1 atom stereocenters. The first-order valence-electron chi connectivity index (χ1n) is 8.26. The van der Waals surface area contributed by atoms with Gasteiger partial charge in [0.05, 0.1) is 6.04 Å². The average molecular weight is 468 g/mol. The number of halogens is 1. The van der Waals surface area contributed by atoms with Crippen molar-refractivity contribution in [3.8, 4) is 0 Å². The second-order valence-corrected chi connectivity index (χ2v) is 7.18. The van der Waals surface area contributed by atoms with Gasteiger partial charge in [-0.2, -0.15) is 0 Å². The van der Waals surface area contributed by atoms with E-state index in [0.717, 1.165) is 38.7 Å². The van der Waals surface area contributed by atoms with Gasteiger partial charge in [0, 0.05) is 38.2 Å². The highest BCUT2D eigenvalue weighted by atomic mass is 127. The number of ether oxygens (including phenoxy) is 1. The minimum Gasteiger partial charge on any atom is -0.381 e. The number of guanidine groups is 1. The zero-order chi connectivity index (χ0) is 17.1. The number of aliphatic imine (C=N–C) groups is 1. The lowest BCUT2D eigenvalue weighted by atomic mass is 10.2. The van der Waals surface area contributed by atoms with E-state index < -0.39 is 0 Å². The molecule has 140 valence electrons. The van der Waals surface area contributed by atoms with Crippen LogP contribution in [0.3, 0.4) is 0 Å². The zero-order valence-electron chi connectivity index (χ0n) is 15.5. The minimum atomic E-state index is 0.